The first-order valence-corrected chi connectivity index (χ1v) is 6.09. The molecule has 0 saturated carbocycles. The van der Waals surface area contributed by atoms with Crippen LogP contribution in [0.3, 0.4) is 0 Å². The Bertz CT molecular complexity index is 467. The Balaban J connectivity index is 2.03. The normalized spacial score (nSPS) is 10.5. The number of rotatable bonds is 5. The number of hydrogen-bond donors (Lipinski definition) is 1. The SMILES string of the molecule is CCc1ccc(Nc2nnc(CCCl)o2)cc1. The molecule has 0 bridgehead atoms. The molecular formula is C12H14ClN3O. The van der Waals surface area contributed by atoms with Crippen LogP contribution in [-0.2, 0) is 12.8 Å². The number of benzene rings is 1. The molecule has 90 valence electrons. The van der Waals surface area contributed by atoms with Crippen LogP contribution in [0.15, 0.2) is 28.7 Å². The van der Waals surface area contributed by atoms with Crippen LogP contribution in [-0.4, -0.2) is 16.1 Å². The molecule has 0 atom stereocenters. The Kier molecular flexibility index (Phi) is 3.98. The van der Waals surface area contributed by atoms with Gasteiger partial charge in [0.05, 0.1) is 0 Å². The smallest absolute Gasteiger partial charge is 0.320 e. The standard InChI is InChI=1S/C12H14ClN3O/c1-2-9-3-5-10(6-4-9)14-12-16-15-11(17-12)7-8-13/h3-6H,2,7-8H2,1H3,(H,14,16). The van der Waals surface area contributed by atoms with Crippen LogP contribution in [0.1, 0.15) is 18.4 Å². The molecule has 0 unspecified atom stereocenters. The fourth-order valence-corrected chi connectivity index (χ4v) is 1.59. The summed E-state index contributed by atoms with van der Waals surface area (Å²) in [5.41, 5.74) is 2.23. The monoisotopic (exact) mass is 251 g/mol. The molecule has 5 heteroatoms. The second-order valence-corrected chi connectivity index (χ2v) is 3.99. The van der Waals surface area contributed by atoms with Gasteiger partial charge in [-0.2, -0.15) is 0 Å². The largest absolute Gasteiger partial charge is 0.408 e. The molecule has 2 aromatic rings. The van der Waals surface area contributed by atoms with E-state index in [9.17, 15) is 0 Å². The van der Waals surface area contributed by atoms with Gasteiger partial charge in [0.15, 0.2) is 0 Å². The molecule has 4 nitrogen and oxygen atoms in total. The molecule has 0 aliphatic carbocycles. The number of hydrogen-bond acceptors (Lipinski definition) is 4. The Morgan fingerprint density at radius 1 is 1.24 bits per heavy atom. The molecule has 2 rings (SSSR count). The van der Waals surface area contributed by atoms with Gasteiger partial charge in [-0.05, 0) is 24.1 Å². The van der Waals surface area contributed by atoms with E-state index in [1.807, 2.05) is 12.1 Å². The van der Waals surface area contributed by atoms with Gasteiger partial charge in [0, 0.05) is 18.0 Å². The summed E-state index contributed by atoms with van der Waals surface area (Å²) in [6, 6.07) is 8.51. The van der Waals surface area contributed by atoms with Gasteiger partial charge in [-0.25, -0.2) is 0 Å². The van der Waals surface area contributed by atoms with Crippen molar-refractivity contribution in [3.8, 4) is 0 Å². The van der Waals surface area contributed by atoms with Gasteiger partial charge in [0.25, 0.3) is 0 Å². The third-order valence-electron chi connectivity index (χ3n) is 2.39. The molecule has 1 aromatic carbocycles. The topological polar surface area (TPSA) is 51.0 Å². The van der Waals surface area contributed by atoms with E-state index in [0.717, 1.165) is 12.1 Å². The molecule has 1 aromatic heterocycles. The van der Waals surface area contributed by atoms with Crippen molar-refractivity contribution in [1.29, 1.82) is 0 Å². The van der Waals surface area contributed by atoms with E-state index in [0.29, 0.717) is 24.2 Å². The molecule has 0 spiro atoms. The number of nitrogens with one attached hydrogen (secondary N) is 1. The maximum atomic E-state index is 5.59. The zero-order valence-corrected chi connectivity index (χ0v) is 10.4. The van der Waals surface area contributed by atoms with Gasteiger partial charge in [0.1, 0.15) is 0 Å². The summed E-state index contributed by atoms with van der Waals surface area (Å²) in [6.45, 7) is 2.12. The van der Waals surface area contributed by atoms with Crippen molar-refractivity contribution >= 4 is 23.3 Å². The summed E-state index contributed by atoms with van der Waals surface area (Å²) >= 11 is 5.59. The first-order valence-electron chi connectivity index (χ1n) is 5.56. The highest BCUT2D eigenvalue weighted by Gasteiger charge is 2.05. The van der Waals surface area contributed by atoms with Crippen molar-refractivity contribution in [2.75, 3.05) is 11.2 Å². The van der Waals surface area contributed by atoms with Crippen LogP contribution in [0.4, 0.5) is 11.7 Å². The van der Waals surface area contributed by atoms with E-state index in [4.69, 9.17) is 16.0 Å². The van der Waals surface area contributed by atoms with Crippen LogP contribution in [0.5, 0.6) is 0 Å². The quantitative estimate of drug-likeness (QED) is 0.830. The molecule has 0 saturated heterocycles. The van der Waals surface area contributed by atoms with E-state index in [1.165, 1.54) is 5.56 Å². The lowest BCUT2D eigenvalue weighted by molar-refractivity contribution is 0.516. The average Bonchev–Trinajstić information content (AvgIpc) is 2.78. The maximum Gasteiger partial charge on any atom is 0.320 e. The van der Waals surface area contributed by atoms with Crippen LogP contribution in [0, 0.1) is 0 Å². The Hall–Kier alpha value is -1.55. The van der Waals surface area contributed by atoms with Crippen molar-refractivity contribution in [3.05, 3.63) is 35.7 Å². The first-order chi connectivity index (χ1) is 8.31. The third kappa shape index (κ3) is 3.20. The summed E-state index contributed by atoms with van der Waals surface area (Å²) in [5, 5.41) is 10.8. The van der Waals surface area contributed by atoms with Crippen LogP contribution >= 0.6 is 11.6 Å². The van der Waals surface area contributed by atoms with E-state index in [2.05, 4.69) is 34.6 Å². The van der Waals surface area contributed by atoms with E-state index < -0.39 is 0 Å². The van der Waals surface area contributed by atoms with Crippen molar-refractivity contribution in [2.24, 2.45) is 0 Å². The molecule has 17 heavy (non-hydrogen) atoms. The molecule has 0 fully saturated rings. The molecule has 0 radical (unpaired) electrons. The lowest BCUT2D eigenvalue weighted by Gasteiger charge is -2.01. The fourth-order valence-electron chi connectivity index (χ4n) is 1.43. The Labute approximate surface area is 105 Å². The van der Waals surface area contributed by atoms with Crippen molar-refractivity contribution in [2.45, 2.75) is 19.8 Å². The molecule has 0 aliphatic heterocycles. The highest BCUT2D eigenvalue weighted by Crippen LogP contribution is 2.16. The number of aryl methyl sites for hydroxylation is 2. The minimum Gasteiger partial charge on any atom is -0.408 e. The van der Waals surface area contributed by atoms with Gasteiger partial charge in [0.2, 0.25) is 5.89 Å². The number of aromatic nitrogens is 2. The highest BCUT2D eigenvalue weighted by molar-refractivity contribution is 6.17. The average molecular weight is 252 g/mol. The predicted octanol–water partition coefficient (Wildman–Crippen LogP) is 3.16. The van der Waals surface area contributed by atoms with E-state index in [1.54, 1.807) is 0 Å². The maximum absolute atomic E-state index is 5.59. The predicted molar refractivity (Wildman–Crippen MR) is 67.8 cm³/mol. The van der Waals surface area contributed by atoms with Gasteiger partial charge in [-0.1, -0.05) is 24.2 Å². The number of nitrogens with zero attached hydrogens (tertiary/aromatic N) is 2. The summed E-state index contributed by atoms with van der Waals surface area (Å²) < 4.78 is 5.37. The zero-order chi connectivity index (χ0) is 12.1. The summed E-state index contributed by atoms with van der Waals surface area (Å²) in [5.74, 6) is 1.03. The van der Waals surface area contributed by atoms with Crippen LogP contribution in [0.25, 0.3) is 0 Å². The molecule has 0 aliphatic rings. The Morgan fingerprint density at radius 3 is 2.65 bits per heavy atom. The van der Waals surface area contributed by atoms with Crippen molar-refractivity contribution in [3.63, 3.8) is 0 Å². The second kappa shape index (κ2) is 5.68. The summed E-state index contributed by atoms with van der Waals surface area (Å²) in [7, 11) is 0. The van der Waals surface area contributed by atoms with Crippen molar-refractivity contribution in [1.82, 2.24) is 10.2 Å². The number of anilines is 2. The highest BCUT2D eigenvalue weighted by atomic mass is 35.5. The molecule has 1 N–H and O–H groups in total. The van der Waals surface area contributed by atoms with Crippen LogP contribution in [0.2, 0.25) is 0 Å². The van der Waals surface area contributed by atoms with E-state index in [-0.39, 0.29) is 0 Å². The first kappa shape index (κ1) is 11.9. The Morgan fingerprint density at radius 2 is 2.00 bits per heavy atom. The third-order valence-corrected chi connectivity index (χ3v) is 2.58. The number of halogens is 1. The minimum absolute atomic E-state index is 0.398. The fraction of sp³-hybridized carbons (Fsp3) is 0.333. The summed E-state index contributed by atoms with van der Waals surface area (Å²) in [4.78, 5) is 0. The van der Waals surface area contributed by atoms with Gasteiger partial charge >= 0.3 is 6.01 Å². The second-order valence-electron chi connectivity index (χ2n) is 3.62. The van der Waals surface area contributed by atoms with Gasteiger partial charge in [-0.15, -0.1) is 16.7 Å². The van der Waals surface area contributed by atoms with E-state index >= 15 is 0 Å². The summed E-state index contributed by atoms with van der Waals surface area (Å²) in [6.07, 6.45) is 1.62. The lowest BCUT2D eigenvalue weighted by Crippen LogP contribution is -1.90. The van der Waals surface area contributed by atoms with Crippen LogP contribution < -0.4 is 5.32 Å². The molecular weight excluding hydrogens is 238 g/mol. The molecule has 0 amide bonds. The van der Waals surface area contributed by atoms with Gasteiger partial charge in [-0.3, -0.25) is 0 Å². The minimum atomic E-state index is 0.398. The zero-order valence-electron chi connectivity index (χ0n) is 9.61. The van der Waals surface area contributed by atoms with Gasteiger partial charge < -0.3 is 9.73 Å². The number of alkyl halides is 1. The van der Waals surface area contributed by atoms with Crippen molar-refractivity contribution < 1.29 is 4.42 Å². The lowest BCUT2D eigenvalue weighted by atomic mass is 10.1. The molecule has 1 heterocycles.